The topological polar surface area (TPSA) is 82.3 Å². The molecule has 1 fully saturated rings. The quantitative estimate of drug-likeness (QED) is 0.770. The van der Waals surface area contributed by atoms with Gasteiger partial charge in [0.25, 0.3) is 5.91 Å². The molecule has 7 heteroatoms. The maximum Gasteiger partial charge on any atom is 0.271 e. The molecule has 0 bridgehead atoms. The normalized spacial score (nSPS) is 16.3. The number of benzene rings is 1. The van der Waals surface area contributed by atoms with Crippen molar-refractivity contribution in [1.82, 2.24) is 9.88 Å². The highest BCUT2D eigenvalue weighted by molar-refractivity contribution is 7.99. The number of nitrogens with zero attached hydrogens (tertiary/aromatic N) is 1. The van der Waals surface area contributed by atoms with Gasteiger partial charge < -0.3 is 15.2 Å². The van der Waals surface area contributed by atoms with Gasteiger partial charge in [0.05, 0.1) is 5.88 Å². The van der Waals surface area contributed by atoms with Crippen molar-refractivity contribution in [2.45, 2.75) is 40.7 Å². The molecule has 2 amide bonds. The Bertz CT molecular complexity index is 964. The fourth-order valence-corrected chi connectivity index (χ4v) is 4.69. The fourth-order valence-electron chi connectivity index (χ4n) is 3.54. The molecular formula is C21H25N3O3S. The Morgan fingerprint density at radius 2 is 1.86 bits per heavy atom. The molecule has 0 unspecified atom stereocenters. The number of aromatic amines is 1. The first-order valence-corrected chi connectivity index (χ1v) is 10.3. The highest BCUT2D eigenvalue weighted by Crippen LogP contribution is 2.27. The van der Waals surface area contributed by atoms with E-state index < -0.39 is 6.04 Å². The highest BCUT2D eigenvalue weighted by Gasteiger charge is 2.37. The molecule has 0 aliphatic carbocycles. The van der Waals surface area contributed by atoms with Crippen LogP contribution in [0.1, 0.15) is 50.2 Å². The molecule has 1 aromatic carbocycles. The van der Waals surface area contributed by atoms with Crippen LogP contribution in [0, 0.1) is 27.7 Å². The Hall–Kier alpha value is -2.54. The number of Topliss-reactive ketones (excluding diaryl/α,β-unsaturated/α-hetero) is 1. The number of anilines is 1. The molecule has 2 heterocycles. The van der Waals surface area contributed by atoms with Gasteiger partial charge >= 0.3 is 0 Å². The summed E-state index contributed by atoms with van der Waals surface area (Å²) in [6.45, 7) is 9.05. The summed E-state index contributed by atoms with van der Waals surface area (Å²) < 4.78 is 0. The number of rotatable bonds is 4. The maximum atomic E-state index is 13.1. The van der Waals surface area contributed by atoms with Crippen LogP contribution in [0.5, 0.6) is 0 Å². The van der Waals surface area contributed by atoms with Gasteiger partial charge in [0.2, 0.25) is 5.91 Å². The molecule has 0 spiro atoms. The van der Waals surface area contributed by atoms with Crippen LogP contribution in [0.25, 0.3) is 0 Å². The lowest BCUT2D eigenvalue weighted by Gasteiger charge is -2.23. The van der Waals surface area contributed by atoms with Crippen molar-refractivity contribution >= 4 is 35.0 Å². The van der Waals surface area contributed by atoms with Gasteiger partial charge in [-0.1, -0.05) is 6.07 Å². The number of amides is 2. The molecule has 3 rings (SSSR count). The van der Waals surface area contributed by atoms with Gasteiger partial charge in [0.1, 0.15) is 11.7 Å². The molecule has 6 nitrogen and oxygen atoms in total. The summed E-state index contributed by atoms with van der Waals surface area (Å²) in [5.41, 5.74) is 5.23. The maximum absolute atomic E-state index is 13.1. The summed E-state index contributed by atoms with van der Waals surface area (Å²) in [7, 11) is 0. The van der Waals surface area contributed by atoms with Crippen LogP contribution >= 0.6 is 11.8 Å². The van der Waals surface area contributed by atoms with E-state index in [4.69, 9.17) is 0 Å². The van der Waals surface area contributed by atoms with Crippen molar-refractivity contribution < 1.29 is 14.4 Å². The molecule has 2 N–H and O–H groups in total. The van der Waals surface area contributed by atoms with Crippen LogP contribution < -0.4 is 5.32 Å². The number of hydrogen-bond donors (Lipinski definition) is 2. The van der Waals surface area contributed by atoms with Gasteiger partial charge in [-0.2, -0.15) is 0 Å². The zero-order valence-corrected chi connectivity index (χ0v) is 17.6. The molecule has 0 saturated carbocycles. The number of thioether (sulfide) groups is 1. The second kappa shape index (κ2) is 7.83. The molecule has 1 aliphatic rings. The van der Waals surface area contributed by atoms with Crippen molar-refractivity contribution in [2.24, 2.45) is 0 Å². The van der Waals surface area contributed by atoms with E-state index in [2.05, 4.69) is 10.3 Å². The first-order chi connectivity index (χ1) is 13.2. The monoisotopic (exact) mass is 399 g/mol. The van der Waals surface area contributed by atoms with Crippen molar-refractivity contribution in [1.29, 1.82) is 0 Å². The predicted octanol–water partition coefficient (Wildman–Crippen LogP) is 3.60. The molecule has 1 atom stereocenters. The molecule has 1 aromatic heterocycles. The van der Waals surface area contributed by atoms with E-state index in [1.54, 1.807) is 30.5 Å². The van der Waals surface area contributed by atoms with Gasteiger partial charge in [0.15, 0.2) is 5.78 Å². The van der Waals surface area contributed by atoms with Gasteiger partial charge in [-0.25, -0.2) is 0 Å². The van der Waals surface area contributed by atoms with E-state index in [1.807, 2.05) is 32.0 Å². The van der Waals surface area contributed by atoms with E-state index in [0.29, 0.717) is 34.1 Å². The Morgan fingerprint density at radius 1 is 1.14 bits per heavy atom. The van der Waals surface area contributed by atoms with Crippen LogP contribution in [0.4, 0.5) is 5.69 Å². The molecule has 1 aliphatic heterocycles. The smallest absolute Gasteiger partial charge is 0.271 e. The minimum absolute atomic E-state index is 0.0786. The molecule has 1 saturated heterocycles. The van der Waals surface area contributed by atoms with Crippen LogP contribution in [0.3, 0.4) is 0 Å². The van der Waals surface area contributed by atoms with Gasteiger partial charge in [0, 0.05) is 22.7 Å². The lowest BCUT2D eigenvalue weighted by atomic mass is 10.1. The number of aryl methyl sites for hydroxylation is 3. The summed E-state index contributed by atoms with van der Waals surface area (Å²) in [5.74, 6) is 0.454. The zero-order valence-electron chi connectivity index (χ0n) is 16.8. The Morgan fingerprint density at radius 3 is 2.46 bits per heavy atom. The minimum Gasteiger partial charge on any atom is -0.354 e. The number of H-pyrrole nitrogens is 1. The Labute approximate surface area is 169 Å². The molecular weight excluding hydrogens is 374 g/mol. The number of ketones is 1. The van der Waals surface area contributed by atoms with Gasteiger partial charge in [-0.15, -0.1) is 11.8 Å². The summed E-state index contributed by atoms with van der Waals surface area (Å²) in [6, 6.07) is 5.21. The third-order valence-corrected chi connectivity index (χ3v) is 6.24. The first kappa shape index (κ1) is 20.2. The van der Waals surface area contributed by atoms with Crippen molar-refractivity contribution in [2.75, 3.05) is 16.9 Å². The second-order valence-electron chi connectivity index (χ2n) is 7.26. The standard InChI is InChI=1S/C21H25N3O3S/c1-11-6-7-16(8-12(11)2)23-20(26)17-9-28-10-24(17)21(27)19-13(3)18(15(5)25)14(4)22-19/h6-8,17,22H,9-10H2,1-5H3,(H,23,26)/t17-/m1/s1. The Kier molecular flexibility index (Phi) is 5.65. The zero-order chi connectivity index (χ0) is 20.6. The average Bonchev–Trinajstić information content (AvgIpc) is 3.22. The summed E-state index contributed by atoms with van der Waals surface area (Å²) in [4.78, 5) is 42.4. The van der Waals surface area contributed by atoms with E-state index in [1.165, 1.54) is 6.92 Å². The lowest BCUT2D eigenvalue weighted by Crippen LogP contribution is -2.44. The third kappa shape index (κ3) is 3.71. The van der Waals surface area contributed by atoms with E-state index in [0.717, 1.165) is 16.8 Å². The molecule has 0 radical (unpaired) electrons. The lowest BCUT2D eigenvalue weighted by molar-refractivity contribution is -0.119. The summed E-state index contributed by atoms with van der Waals surface area (Å²) >= 11 is 1.54. The largest absolute Gasteiger partial charge is 0.354 e. The van der Waals surface area contributed by atoms with Crippen LogP contribution in [0.2, 0.25) is 0 Å². The molecule has 2 aromatic rings. The summed E-state index contributed by atoms with van der Waals surface area (Å²) in [5, 5.41) is 2.93. The van der Waals surface area contributed by atoms with Crippen molar-refractivity contribution in [3.05, 3.63) is 51.8 Å². The average molecular weight is 400 g/mol. The van der Waals surface area contributed by atoms with Crippen molar-refractivity contribution in [3.8, 4) is 0 Å². The highest BCUT2D eigenvalue weighted by atomic mass is 32.2. The minimum atomic E-state index is -0.553. The molecule has 148 valence electrons. The van der Waals surface area contributed by atoms with Crippen molar-refractivity contribution in [3.63, 3.8) is 0 Å². The number of aromatic nitrogens is 1. The number of carbonyl (C=O) groups excluding carboxylic acids is 3. The Balaban J connectivity index is 1.81. The number of hydrogen-bond acceptors (Lipinski definition) is 4. The van der Waals surface area contributed by atoms with E-state index >= 15 is 0 Å². The van der Waals surface area contributed by atoms with Crippen LogP contribution in [-0.4, -0.2) is 45.2 Å². The fraction of sp³-hybridized carbons (Fsp3) is 0.381. The molecule has 28 heavy (non-hydrogen) atoms. The van der Waals surface area contributed by atoms with Crippen LogP contribution in [0.15, 0.2) is 18.2 Å². The van der Waals surface area contributed by atoms with Gasteiger partial charge in [-0.3, -0.25) is 14.4 Å². The van der Waals surface area contributed by atoms with E-state index in [-0.39, 0.29) is 17.6 Å². The van der Waals surface area contributed by atoms with Gasteiger partial charge in [-0.05, 0) is 63.4 Å². The number of nitrogens with one attached hydrogen (secondary N) is 2. The summed E-state index contributed by atoms with van der Waals surface area (Å²) in [6.07, 6.45) is 0. The number of carbonyl (C=O) groups is 3. The van der Waals surface area contributed by atoms with E-state index in [9.17, 15) is 14.4 Å². The second-order valence-corrected chi connectivity index (χ2v) is 8.26. The predicted molar refractivity (Wildman–Crippen MR) is 112 cm³/mol. The first-order valence-electron chi connectivity index (χ1n) is 9.17. The SMILES string of the molecule is CC(=O)c1c(C)[nH]c(C(=O)N2CSC[C@@H]2C(=O)Nc2ccc(C)c(C)c2)c1C. The third-order valence-electron chi connectivity index (χ3n) is 5.22. The van der Waals surface area contributed by atoms with Crippen LogP contribution in [-0.2, 0) is 4.79 Å².